The molecule has 0 saturated carbocycles. The first-order valence-electron chi connectivity index (χ1n) is 9.34. The summed E-state index contributed by atoms with van der Waals surface area (Å²) in [5.74, 6) is -0.699. The molecular weight excluding hydrogens is 368 g/mol. The summed E-state index contributed by atoms with van der Waals surface area (Å²) in [6, 6.07) is 5.27. The third kappa shape index (κ3) is 6.90. The van der Waals surface area contributed by atoms with Crippen molar-refractivity contribution >= 4 is 24.0 Å². The van der Waals surface area contributed by atoms with Crippen molar-refractivity contribution in [3.05, 3.63) is 78.3 Å². The molecule has 1 aromatic rings. The Morgan fingerprint density at radius 1 is 1.07 bits per heavy atom. The molecule has 1 aliphatic heterocycles. The summed E-state index contributed by atoms with van der Waals surface area (Å²) in [4.78, 5) is 31.9. The van der Waals surface area contributed by atoms with Crippen LogP contribution in [0.25, 0.3) is 12.2 Å². The van der Waals surface area contributed by atoms with Crippen molar-refractivity contribution in [2.24, 2.45) is 0 Å². The SMILES string of the molecule is C=C/C=C(\C=C/C)N1CCN(C(=O)/C=C/c2cccc(/C=C/C(=O)NO)n2)CC1. The summed E-state index contributed by atoms with van der Waals surface area (Å²) >= 11 is 0. The number of pyridine rings is 1. The highest BCUT2D eigenvalue weighted by molar-refractivity contribution is 5.92. The topological polar surface area (TPSA) is 85.8 Å². The van der Waals surface area contributed by atoms with Crippen LogP contribution >= 0.6 is 0 Å². The van der Waals surface area contributed by atoms with Crippen molar-refractivity contribution < 1.29 is 14.8 Å². The van der Waals surface area contributed by atoms with Gasteiger partial charge in [-0.3, -0.25) is 14.8 Å². The van der Waals surface area contributed by atoms with Crippen molar-refractivity contribution in [2.75, 3.05) is 26.2 Å². The van der Waals surface area contributed by atoms with Gasteiger partial charge in [-0.1, -0.05) is 24.8 Å². The van der Waals surface area contributed by atoms with Crippen LogP contribution in [0.2, 0.25) is 0 Å². The van der Waals surface area contributed by atoms with Crippen LogP contribution in [0.5, 0.6) is 0 Å². The van der Waals surface area contributed by atoms with Crippen LogP contribution in [0.15, 0.2) is 66.9 Å². The van der Waals surface area contributed by atoms with Gasteiger partial charge in [0.05, 0.1) is 11.4 Å². The second-order valence-corrected chi connectivity index (χ2v) is 6.27. The molecule has 2 amide bonds. The van der Waals surface area contributed by atoms with Gasteiger partial charge in [0, 0.05) is 44.0 Å². The highest BCUT2D eigenvalue weighted by Gasteiger charge is 2.20. The fourth-order valence-corrected chi connectivity index (χ4v) is 2.86. The first kappa shape index (κ1) is 21.8. The molecular formula is C22H26N4O3. The molecule has 0 atom stereocenters. The molecule has 1 fully saturated rings. The number of allylic oxidation sites excluding steroid dienone is 4. The van der Waals surface area contributed by atoms with E-state index in [-0.39, 0.29) is 5.91 Å². The number of nitrogens with one attached hydrogen (secondary N) is 1. The second kappa shape index (κ2) is 11.4. The fraction of sp³-hybridized carbons (Fsp3) is 0.227. The van der Waals surface area contributed by atoms with Crippen molar-refractivity contribution in [1.82, 2.24) is 20.3 Å². The maximum atomic E-state index is 12.5. The predicted molar refractivity (Wildman–Crippen MR) is 113 cm³/mol. The third-order valence-electron chi connectivity index (χ3n) is 4.29. The van der Waals surface area contributed by atoms with Gasteiger partial charge in [0.1, 0.15) is 0 Å². The molecule has 7 heteroatoms. The molecule has 0 aromatic carbocycles. The second-order valence-electron chi connectivity index (χ2n) is 6.27. The van der Waals surface area contributed by atoms with Gasteiger partial charge in [0.2, 0.25) is 5.91 Å². The lowest BCUT2D eigenvalue weighted by Gasteiger charge is -2.36. The highest BCUT2D eigenvalue weighted by Crippen LogP contribution is 2.12. The van der Waals surface area contributed by atoms with E-state index in [2.05, 4.69) is 16.5 Å². The Kier molecular flexibility index (Phi) is 8.59. The minimum absolute atomic E-state index is 0.0627. The maximum absolute atomic E-state index is 12.5. The Bertz CT molecular complexity index is 847. The van der Waals surface area contributed by atoms with Crippen LogP contribution in [-0.4, -0.2) is 58.0 Å². The number of hydrogen-bond donors (Lipinski definition) is 2. The summed E-state index contributed by atoms with van der Waals surface area (Å²) in [7, 11) is 0. The van der Waals surface area contributed by atoms with Gasteiger partial charge in [-0.05, 0) is 43.4 Å². The Hall–Kier alpha value is -3.45. The number of nitrogens with zero attached hydrogens (tertiary/aromatic N) is 3. The monoisotopic (exact) mass is 394 g/mol. The maximum Gasteiger partial charge on any atom is 0.267 e. The number of piperazine rings is 1. The zero-order chi connectivity index (χ0) is 21.1. The number of aromatic nitrogens is 1. The van der Waals surface area contributed by atoms with E-state index in [9.17, 15) is 9.59 Å². The molecule has 0 spiro atoms. The van der Waals surface area contributed by atoms with Gasteiger partial charge < -0.3 is 9.80 Å². The average molecular weight is 394 g/mol. The molecule has 1 aliphatic rings. The Morgan fingerprint density at radius 2 is 1.69 bits per heavy atom. The summed E-state index contributed by atoms with van der Waals surface area (Å²) < 4.78 is 0. The van der Waals surface area contributed by atoms with Crippen LogP contribution in [0.1, 0.15) is 18.3 Å². The van der Waals surface area contributed by atoms with Gasteiger partial charge >= 0.3 is 0 Å². The normalized spacial score (nSPS) is 15.4. The molecule has 2 rings (SSSR count). The lowest BCUT2D eigenvalue weighted by Crippen LogP contribution is -2.47. The van der Waals surface area contributed by atoms with Crippen molar-refractivity contribution in [3.8, 4) is 0 Å². The molecule has 29 heavy (non-hydrogen) atoms. The van der Waals surface area contributed by atoms with Crippen molar-refractivity contribution in [3.63, 3.8) is 0 Å². The van der Waals surface area contributed by atoms with E-state index in [0.29, 0.717) is 24.5 Å². The molecule has 0 radical (unpaired) electrons. The van der Waals surface area contributed by atoms with Crippen molar-refractivity contribution in [2.45, 2.75) is 6.92 Å². The van der Waals surface area contributed by atoms with Gasteiger partial charge in [-0.2, -0.15) is 0 Å². The molecule has 0 aliphatic carbocycles. The van der Waals surface area contributed by atoms with Gasteiger partial charge in [0.15, 0.2) is 0 Å². The number of hydrogen-bond acceptors (Lipinski definition) is 5. The molecule has 2 N–H and O–H groups in total. The number of amides is 2. The molecule has 152 valence electrons. The van der Waals surface area contributed by atoms with Crippen molar-refractivity contribution in [1.29, 1.82) is 0 Å². The van der Waals surface area contributed by atoms with E-state index >= 15 is 0 Å². The van der Waals surface area contributed by atoms with E-state index in [1.807, 2.05) is 30.1 Å². The van der Waals surface area contributed by atoms with Crippen LogP contribution < -0.4 is 5.48 Å². The fourth-order valence-electron chi connectivity index (χ4n) is 2.86. The number of hydroxylamine groups is 1. The van der Waals surface area contributed by atoms with Gasteiger partial charge in [-0.15, -0.1) is 0 Å². The summed E-state index contributed by atoms with van der Waals surface area (Å²) in [5, 5.41) is 8.50. The number of carbonyl (C=O) groups excluding carboxylic acids is 2. The molecule has 1 saturated heterocycles. The quantitative estimate of drug-likeness (QED) is 0.321. The highest BCUT2D eigenvalue weighted by atomic mass is 16.5. The molecule has 1 aromatic heterocycles. The average Bonchev–Trinajstić information content (AvgIpc) is 2.76. The van der Waals surface area contributed by atoms with Crippen LogP contribution in [0, 0.1) is 0 Å². The minimum Gasteiger partial charge on any atom is -0.368 e. The zero-order valence-corrected chi connectivity index (χ0v) is 16.5. The molecule has 7 nitrogen and oxygen atoms in total. The predicted octanol–water partition coefficient (Wildman–Crippen LogP) is 2.40. The third-order valence-corrected chi connectivity index (χ3v) is 4.29. The van der Waals surface area contributed by atoms with Crippen LogP contribution in [-0.2, 0) is 9.59 Å². The van der Waals surface area contributed by atoms with E-state index in [0.717, 1.165) is 18.8 Å². The molecule has 0 unspecified atom stereocenters. The molecule has 0 bridgehead atoms. The summed E-state index contributed by atoms with van der Waals surface area (Å²) in [5.41, 5.74) is 3.76. The van der Waals surface area contributed by atoms with Crippen LogP contribution in [0.3, 0.4) is 0 Å². The van der Waals surface area contributed by atoms with E-state index in [4.69, 9.17) is 5.21 Å². The number of rotatable bonds is 7. The first-order chi connectivity index (χ1) is 14.1. The first-order valence-corrected chi connectivity index (χ1v) is 9.34. The lowest BCUT2D eigenvalue weighted by molar-refractivity contribution is -0.127. The van der Waals surface area contributed by atoms with E-state index in [1.54, 1.807) is 30.4 Å². The smallest absolute Gasteiger partial charge is 0.267 e. The van der Waals surface area contributed by atoms with Gasteiger partial charge in [0.25, 0.3) is 5.91 Å². The largest absolute Gasteiger partial charge is 0.368 e. The Labute approximate surface area is 171 Å². The summed E-state index contributed by atoms with van der Waals surface area (Å²) in [6.45, 7) is 8.53. The lowest BCUT2D eigenvalue weighted by atomic mass is 10.2. The number of carbonyl (C=O) groups is 2. The van der Waals surface area contributed by atoms with E-state index < -0.39 is 5.91 Å². The zero-order valence-electron chi connectivity index (χ0n) is 16.5. The Morgan fingerprint density at radius 3 is 2.28 bits per heavy atom. The Balaban J connectivity index is 1.95. The van der Waals surface area contributed by atoms with Gasteiger partial charge in [-0.25, -0.2) is 10.5 Å². The standard InChI is InChI=1S/C22H26N4O3/c1-3-6-20(7-4-2)25-14-16-26(17-15-25)22(28)13-11-19-9-5-8-18(23-19)10-12-21(27)24-29/h3-13,29H,1,14-17H2,2H3,(H,24,27)/b7-4-,12-10+,13-11+,20-6+. The minimum atomic E-state index is -0.636. The molecule has 2 heterocycles. The van der Waals surface area contributed by atoms with E-state index in [1.165, 1.54) is 23.7 Å². The summed E-state index contributed by atoms with van der Waals surface area (Å²) in [6.07, 6.45) is 13.6. The van der Waals surface area contributed by atoms with Crippen LogP contribution in [0.4, 0.5) is 0 Å².